The van der Waals surface area contributed by atoms with Gasteiger partial charge in [-0.3, -0.25) is 9.69 Å². The minimum absolute atomic E-state index is 0.0139. The van der Waals surface area contributed by atoms with Crippen LogP contribution in [0.3, 0.4) is 0 Å². The number of nitrogens with one attached hydrogen (secondary N) is 2. The maximum Gasteiger partial charge on any atom is 0.317 e. The third kappa shape index (κ3) is 6.74. The van der Waals surface area contributed by atoms with E-state index in [1.165, 1.54) is 0 Å². The molecule has 3 N–H and O–H groups in total. The number of methoxy groups -OCH3 is 1. The Labute approximate surface area is 138 Å². The van der Waals surface area contributed by atoms with E-state index in [4.69, 9.17) is 9.84 Å². The molecule has 1 rings (SSSR count). The number of likely N-dealkylation sites (N-methyl/N-ethyl adjacent to an activating group) is 1. The van der Waals surface area contributed by atoms with Gasteiger partial charge in [0.1, 0.15) is 0 Å². The van der Waals surface area contributed by atoms with E-state index in [2.05, 4.69) is 10.6 Å². The second-order valence-corrected chi connectivity index (χ2v) is 6.97. The second kappa shape index (κ2) is 8.49. The molecule has 7 nitrogen and oxygen atoms in total. The molecule has 0 saturated heterocycles. The zero-order valence-electron chi connectivity index (χ0n) is 14.9. The first kappa shape index (κ1) is 19.7. The largest absolute Gasteiger partial charge is 0.480 e. The Kier molecular flexibility index (Phi) is 7.28. The molecule has 0 spiro atoms. The Morgan fingerprint density at radius 1 is 1.39 bits per heavy atom. The Hall–Kier alpha value is -1.34. The van der Waals surface area contributed by atoms with Crippen molar-refractivity contribution in [1.29, 1.82) is 0 Å². The number of urea groups is 1. The fourth-order valence-corrected chi connectivity index (χ4v) is 3.00. The number of carboxylic acid groups (broad SMARTS) is 1. The summed E-state index contributed by atoms with van der Waals surface area (Å²) in [7, 11) is 1.66. The van der Waals surface area contributed by atoms with E-state index in [0.717, 1.165) is 19.3 Å². The standard InChI is InChI=1S/C16H31N3O4/c1-6-19(10-14(20)21)13-7-12(8-13)18-15(22)17-11(2)9-16(3,4)23-5/h11-13H,6-10H2,1-5H3,(H,20,21)(H2,17,18,22). The van der Waals surface area contributed by atoms with Crippen LogP contribution in [0.5, 0.6) is 0 Å². The van der Waals surface area contributed by atoms with Crippen LogP contribution in [0.15, 0.2) is 0 Å². The monoisotopic (exact) mass is 329 g/mol. The van der Waals surface area contributed by atoms with Crippen molar-refractivity contribution in [3.8, 4) is 0 Å². The third-order valence-corrected chi connectivity index (χ3v) is 4.44. The molecule has 1 aliphatic rings. The third-order valence-electron chi connectivity index (χ3n) is 4.44. The van der Waals surface area contributed by atoms with Crippen LogP contribution in [-0.2, 0) is 9.53 Å². The quantitative estimate of drug-likeness (QED) is 0.595. The zero-order chi connectivity index (χ0) is 17.6. The van der Waals surface area contributed by atoms with Gasteiger partial charge in [0.2, 0.25) is 0 Å². The maximum absolute atomic E-state index is 12.0. The van der Waals surface area contributed by atoms with Crippen LogP contribution >= 0.6 is 0 Å². The summed E-state index contributed by atoms with van der Waals surface area (Å²) in [5, 5.41) is 14.7. The van der Waals surface area contributed by atoms with E-state index < -0.39 is 5.97 Å². The van der Waals surface area contributed by atoms with Crippen molar-refractivity contribution in [2.75, 3.05) is 20.2 Å². The topological polar surface area (TPSA) is 90.9 Å². The molecule has 1 unspecified atom stereocenters. The predicted octanol–water partition coefficient (Wildman–Crippen LogP) is 1.43. The van der Waals surface area contributed by atoms with Crippen molar-refractivity contribution in [3.63, 3.8) is 0 Å². The summed E-state index contributed by atoms with van der Waals surface area (Å²) in [5.74, 6) is -0.810. The van der Waals surface area contributed by atoms with Crippen molar-refractivity contribution in [2.45, 2.75) is 70.7 Å². The number of rotatable bonds is 9. The van der Waals surface area contributed by atoms with Gasteiger partial charge < -0.3 is 20.5 Å². The molecule has 1 atom stereocenters. The molecule has 0 heterocycles. The highest BCUT2D eigenvalue weighted by Crippen LogP contribution is 2.25. The average Bonchev–Trinajstić information content (AvgIpc) is 2.39. The lowest BCUT2D eigenvalue weighted by atomic mass is 9.85. The van der Waals surface area contributed by atoms with E-state index in [1.54, 1.807) is 7.11 Å². The van der Waals surface area contributed by atoms with E-state index in [0.29, 0.717) is 6.54 Å². The Morgan fingerprint density at radius 2 is 2.00 bits per heavy atom. The van der Waals surface area contributed by atoms with Crippen molar-refractivity contribution in [2.24, 2.45) is 0 Å². The number of amides is 2. The van der Waals surface area contributed by atoms with Crippen LogP contribution in [-0.4, -0.2) is 65.9 Å². The lowest BCUT2D eigenvalue weighted by Crippen LogP contribution is -2.57. The Morgan fingerprint density at radius 3 is 2.48 bits per heavy atom. The molecule has 1 aliphatic carbocycles. The number of aliphatic carboxylic acids is 1. The van der Waals surface area contributed by atoms with Crippen LogP contribution in [0.25, 0.3) is 0 Å². The zero-order valence-corrected chi connectivity index (χ0v) is 14.9. The smallest absolute Gasteiger partial charge is 0.317 e. The molecule has 1 saturated carbocycles. The summed E-state index contributed by atoms with van der Waals surface area (Å²) in [5.41, 5.74) is -0.271. The fourth-order valence-electron chi connectivity index (χ4n) is 3.00. The molecule has 2 amide bonds. The lowest BCUT2D eigenvalue weighted by Gasteiger charge is -2.42. The SMILES string of the molecule is CCN(CC(=O)O)C1CC(NC(=O)NC(C)CC(C)(C)OC)C1. The first-order valence-electron chi connectivity index (χ1n) is 8.25. The molecule has 0 aromatic carbocycles. The number of hydrogen-bond acceptors (Lipinski definition) is 4. The highest BCUT2D eigenvalue weighted by atomic mass is 16.5. The summed E-state index contributed by atoms with van der Waals surface area (Å²) in [6, 6.07) is 0.200. The van der Waals surface area contributed by atoms with Crippen LogP contribution in [0.4, 0.5) is 4.79 Å². The fraction of sp³-hybridized carbons (Fsp3) is 0.875. The Bertz CT molecular complexity index is 408. The van der Waals surface area contributed by atoms with Gasteiger partial charge in [-0.2, -0.15) is 0 Å². The summed E-state index contributed by atoms with van der Waals surface area (Å²) in [4.78, 5) is 24.7. The minimum Gasteiger partial charge on any atom is -0.480 e. The van der Waals surface area contributed by atoms with Crippen molar-refractivity contribution < 1.29 is 19.4 Å². The van der Waals surface area contributed by atoms with Crippen molar-refractivity contribution in [3.05, 3.63) is 0 Å². The number of ether oxygens (including phenoxy) is 1. The molecule has 0 bridgehead atoms. The van der Waals surface area contributed by atoms with Gasteiger partial charge in [0, 0.05) is 25.2 Å². The molecule has 0 aromatic rings. The lowest BCUT2D eigenvalue weighted by molar-refractivity contribution is -0.139. The van der Waals surface area contributed by atoms with Crippen LogP contribution in [0, 0.1) is 0 Å². The normalized spacial score (nSPS) is 22.3. The first-order chi connectivity index (χ1) is 10.7. The van der Waals surface area contributed by atoms with Gasteiger partial charge in [-0.15, -0.1) is 0 Å². The average molecular weight is 329 g/mol. The number of carbonyl (C=O) groups excluding carboxylic acids is 1. The van der Waals surface area contributed by atoms with Gasteiger partial charge in [0.05, 0.1) is 12.1 Å². The molecule has 1 fully saturated rings. The van der Waals surface area contributed by atoms with E-state index in [9.17, 15) is 9.59 Å². The van der Waals surface area contributed by atoms with Gasteiger partial charge in [-0.25, -0.2) is 4.79 Å². The molecule has 134 valence electrons. The van der Waals surface area contributed by atoms with Crippen molar-refractivity contribution >= 4 is 12.0 Å². The van der Waals surface area contributed by atoms with E-state index >= 15 is 0 Å². The first-order valence-corrected chi connectivity index (χ1v) is 8.25. The molecule has 7 heteroatoms. The van der Waals surface area contributed by atoms with Gasteiger partial charge in [0.15, 0.2) is 0 Å². The van der Waals surface area contributed by atoms with Crippen LogP contribution in [0.2, 0.25) is 0 Å². The van der Waals surface area contributed by atoms with Gasteiger partial charge >= 0.3 is 12.0 Å². The summed E-state index contributed by atoms with van der Waals surface area (Å²) in [6.45, 7) is 8.65. The molecular formula is C16H31N3O4. The predicted molar refractivity (Wildman–Crippen MR) is 88.5 cm³/mol. The second-order valence-electron chi connectivity index (χ2n) is 6.97. The van der Waals surface area contributed by atoms with Crippen molar-refractivity contribution in [1.82, 2.24) is 15.5 Å². The minimum atomic E-state index is -0.810. The number of nitrogens with zero attached hydrogens (tertiary/aromatic N) is 1. The van der Waals surface area contributed by atoms with Gasteiger partial charge in [-0.05, 0) is 46.6 Å². The molecule has 23 heavy (non-hydrogen) atoms. The highest BCUT2D eigenvalue weighted by molar-refractivity contribution is 5.74. The van der Waals surface area contributed by atoms with E-state index in [-0.39, 0.29) is 36.3 Å². The Balaban J connectivity index is 2.29. The highest BCUT2D eigenvalue weighted by Gasteiger charge is 2.34. The van der Waals surface area contributed by atoms with Crippen LogP contribution < -0.4 is 10.6 Å². The summed E-state index contributed by atoms with van der Waals surface area (Å²) >= 11 is 0. The molecule has 0 aliphatic heterocycles. The van der Waals surface area contributed by atoms with Crippen LogP contribution in [0.1, 0.15) is 47.0 Å². The summed E-state index contributed by atoms with van der Waals surface area (Å²) in [6.07, 6.45) is 2.32. The summed E-state index contributed by atoms with van der Waals surface area (Å²) < 4.78 is 5.36. The van der Waals surface area contributed by atoms with Gasteiger partial charge in [-0.1, -0.05) is 6.92 Å². The molecular weight excluding hydrogens is 298 g/mol. The molecule has 0 radical (unpaired) electrons. The number of carbonyl (C=O) groups is 2. The molecule has 0 aromatic heterocycles. The van der Waals surface area contributed by atoms with Gasteiger partial charge in [0.25, 0.3) is 0 Å². The number of carboxylic acids is 1. The maximum atomic E-state index is 12.0. The van der Waals surface area contributed by atoms with E-state index in [1.807, 2.05) is 32.6 Å². The number of hydrogen-bond donors (Lipinski definition) is 3.